The number of methoxy groups -OCH3 is 2. The van der Waals surface area contributed by atoms with E-state index in [2.05, 4.69) is 17.4 Å². The summed E-state index contributed by atoms with van der Waals surface area (Å²) in [5.74, 6) is 1.14. The van der Waals surface area contributed by atoms with E-state index in [1.807, 2.05) is 37.1 Å². The van der Waals surface area contributed by atoms with Crippen LogP contribution in [0.2, 0.25) is 0 Å². The zero-order chi connectivity index (χ0) is 17.5. The summed E-state index contributed by atoms with van der Waals surface area (Å²) in [6.07, 6.45) is 0. The highest BCUT2D eigenvalue weighted by Gasteiger charge is 2.18. The lowest BCUT2D eigenvalue weighted by Crippen LogP contribution is -2.39. The molecule has 2 aromatic rings. The molecule has 2 aromatic carbocycles. The molecule has 1 amide bonds. The van der Waals surface area contributed by atoms with Crippen molar-refractivity contribution in [1.29, 1.82) is 0 Å². The Bertz CT molecular complexity index is 674. The zero-order valence-electron chi connectivity index (χ0n) is 14.6. The third kappa shape index (κ3) is 4.49. The molecule has 24 heavy (non-hydrogen) atoms. The molecule has 1 atom stereocenters. The molecule has 0 spiro atoms. The number of hydrogen-bond acceptors (Lipinski definition) is 4. The van der Waals surface area contributed by atoms with E-state index in [-0.39, 0.29) is 11.9 Å². The van der Waals surface area contributed by atoms with Crippen LogP contribution in [0.4, 0.5) is 5.69 Å². The van der Waals surface area contributed by atoms with E-state index in [1.165, 1.54) is 5.56 Å². The smallest absolute Gasteiger partial charge is 0.241 e. The minimum absolute atomic E-state index is 0.0688. The van der Waals surface area contributed by atoms with Crippen molar-refractivity contribution >= 4 is 11.6 Å². The van der Waals surface area contributed by atoms with Crippen LogP contribution in [-0.4, -0.2) is 38.1 Å². The van der Waals surface area contributed by atoms with Crippen molar-refractivity contribution in [2.24, 2.45) is 0 Å². The number of likely N-dealkylation sites (N-methyl/N-ethyl adjacent to an activating group) is 1. The van der Waals surface area contributed by atoms with Crippen LogP contribution in [0.3, 0.4) is 0 Å². The van der Waals surface area contributed by atoms with Crippen LogP contribution in [0.15, 0.2) is 48.5 Å². The van der Waals surface area contributed by atoms with Gasteiger partial charge in [-0.25, -0.2) is 0 Å². The largest absolute Gasteiger partial charge is 0.493 e. The van der Waals surface area contributed by atoms with Gasteiger partial charge in [0.1, 0.15) is 0 Å². The van der Waals surface area contributed by atoms with Gasteiger partial charge >= 0.3 is 0 Å². The molecular formula is C19H24N2O3. The first kappa shape index (κ1) is 17.8. The van der Waals surface area contributed by atoms with Gasteiger partial charge in [-0.05, 0) is 31.7 Å². The SMILES string of the molecule is COc1ccc(NC(=O)[C@@H](C)N(C)Cc2ccccc2)cc1OC. The summed E-state index contributed by atoms with van der Waals surface area (Å²) in [4.78, 5) is 14.5. The van der Waals surface area contributed by atoms with Gasteiger partial charge < -0.3 is 14.8 Å². The van der Waals surface area contributed by atoms with E-state index in [9.17, 15) is 4.79 Å². The van der Waals surface area contributed by atoms with Crippen molar-refractivity contribution < 1.29 is 14.3 Å². The van der Waals surface area contributed by atoms with Crippen molar-refractivity contribution in [3.8, 4) is 11.5 Å². The topological polar surface area (TPSA) is 50.8 Å². The van der Waals surface area contributed by atoms with Gasteiger partial charge in [0.15, 0.2) is 11.5 Å². The summed E-state index contributed by atoms with van der Waals surface area (Å²) in [5.41, 5.74) is 1.85. The highest BCUT2D eigenvalue weighted by molar-refractivity contribution is 5.94. The fourth-order valence-corrected chi connectivity index (χ4v) is 2.37. The van der Waals surface area contributed by atoms with Crippen LogP contribution in [0.25, 0.3) is 0 Å². The standard InChI is InChI=1S/C19H24N2O3/c1-14(21(2)13-15-8-6-5-7-9-15)19(22)20-16-10-11-17(23-3)18(12-16)24-4/h5-12,14H,13H2,1-4H3,(H,20,22)/t14-/m1/s1. The molecule has 0 radical (unpaired) electrons. The molecule has 0 fully saturated rings. The summed E-state index contributed by atoms with van der Waals surface area (Å²) in [7, 11) is 5.09. The predicted molar refractivity (Wildman–Crippen MR) is 95.5 cm³/mol. The first-order valence-corrected chi connectivity index (χ1v) is 7.82. The second kappa shape index (κ2) is 8.36. The van der Waals surface area contributed by atoms with E-state index in [4.69, 9.17) is 9.47 Å². The number of benzene rings is 2. The molecule has 0 aromatic heterocycles. The van der Waals surface area contributed by atoms with Crippen molar-refractivity contribution in [3.05, 3.63) is 54.1 Å². The van der Waals surface area contributed by atoms with Crippen LogP contribution >= 0.6 is 0 Å². The van der Waals surface area contributed by atoms with Gasteiger partial charge in [-0.15, -0.1) is 0 Å². The molecule has 0 aliphatic heterocycles. The minimum Gasteiger partial charge on any atom is -0.493 e. The van der Waals surface area contributed by atoms with Gasteiger partial charge in [-0.2, -0.15) is 0 Å². The number of hydrogen-bond donors (Lipinski definition) is 1. The Morgan fingerprint density at radius 1 is 1.08 bits per heavy atom. The summed E-state index contributed by atoms with van der Waals surface area (Å²) in [6, 6.07) is 15.1. The molecule has 0 heterocycles. The van der Waals surface area contributed by atoms with E-state index < -0.39 is 0 Å². The normalized spacial score (nSPS) is 11.9. The molecule has 0 saturated carbocycles. The molecule has 2 rings (SSSR count). The van der Waals surface area contributed by atoms with E-state index in [1.54, 1.807) is 32.4 Å². The lowest BCUT2D eigenvalue weighted by Gasteiger charge is -2.24. The average Bonchev–Trinajstić information content (AvgIpc) is 2.61. The molecule has 0 aliphatic rings. The molecular weight excluding hydrogens is 304 g/mol. The Labute approximate surface area is 143 Å². The molecule has 5 nitrogen and oxygen atoms in total. The number of anilines is 1. The quantitative estimate of drug-likeness (QED) is 0.848. The number of ether oxygens (including phenoxy) is 2. The Morgan fingerprint density at radius 2 is 1.75 bits per heavy atom. The van der Waals surface area contributed by atoms with Crippen molar-refractivity contribution in [2.45, 2.75) is 19.5 Å². The minimum atomic E-state index is -0.265. The molecule has 0 aliphatic carbocycles. The monoisotopic (exact) mass is 328 g/mol. The summed E-state index contributed by atoms with van der Waals surface area (Å²) in [5, 5.41) is 2.92. The molecule has 128 valence electrons. The van der Waals surface area contributed by atoms with Crippen LogP contribution in [0.1, 0.15) is 12.5 Å². The number of rotatable bonds is 7. The lowest BCUT2D eigenvalue weighted by molar-refractivity contribution is -0.120. The maximum absolute atomic E-state index is 12.5. The van der Waals surface area contributed by atoms with Crippen LogP contribution < -0.4 is 14.8 Å². The summed E-state index contributed by atoms with van der Waals surface area (Å²) in [6.45, 7) is 2.60. The third-order valence-corrected chi connectivity index (χ3v) is 3.97. The zero-order valence-corrected chi connectivity index (χ0v) is 14.6. The van der Waals surface area contributed by atoms with Gasteiger partial charge in [0, 0.05) is 18.3 Å². The highest BCUT2D eigenvalue weighted by atomic mass is 16.5. The number of carbonyl (C=O) groups excluding carboxylic acids is 1. The van der Waals surface area contributed by atoms with E-state index >= 15 is 0 Å². The molecule has 5 heteroatoms. The summed E-state index contributed by atoms with van der Waals surface area (Å²) < 4.78 is 10.5. The Morgan fingerprint density at radius 3 is 2.38 bits per heavy atom. The molecule has 0 bridgehead atoms. The first-order chi connectivity index (χ1) is 11.5. The van der Waals surface area contributed by atoms with Crippen molar-refractivity contribution in [1.82, 2.24) is 4.90 Å². The number of amides is 1. The van der Waals surface area contributed by atoms with Gasteiger partial charge in [-0.1, -0.05) is 30.3 Å². The number of nitrogens with one attached hydrogen (secondary N) is 1. The predicted octanol–water partition coefficient (Wildman–Crippen LogP) is 3.16. The van der Waals surface area contributed by atoms with Gasteiger partial charge in [0.2, 0.25) is 5.91 Å². The second-order valence-electron chi connectivity index (χ2n) is 5.64. The van der Waals surface area contributed by atoms with Crippen LogP contribution in [-0.2, 0) is 11.3 Å². The van der Waals surface area contributed by atoms with Gasteiger partial charge in [0.05, 0.1) is 20.3 Å². The van der Waals surface area contributed by atoms with Crippen molar-refractivity contribution in [2.75, 3.05) is 26.6 Å². The lowest BCUT2D eigenvalue weighted by atomic mass is 10.2. The highest BCUT2D eigenvalue weighted by Crippen LogP contribution is 2.29. The average molecular weight is 328 g/mol. The van der Waals surface area contributed by atoms with Crippen LogP contribution in [0, 0.1) is 0 Å². The molecule has 0 unspecified atom stereocenters. The van der Waals surface area contributed by atoms with E-state index in [0.29, 0.717) is 23.7 Å². The van der Waals surface area contributed by atoms with Crippen molar-refractivity contribution in [3.63, 3.8) is 0 Å². The van der Waals surface area contributed by atoms with Crippen LogP contribution in [0.5, 0.6) is 11.5 Å². The molecule has 0 saturated heterocycles. The Kier molecular flexibility index (Phi) is 6.21. The summed E-state index contributed by atoms with van der Waals surface area (Å²) >= 11 is 0. The maximum atomic E-state index is 12.5. The fourth-order valence-electron chi connectivity index (χ4n) is 2.37. The third-order valence-electron chi connectivity index (χ3n) is 3.97. The van der Waals surface area contributed by atoms with Gasteiger partial charge in [0.25, 0.3) is 0 Å². The Balaban J connectivity index is 2.00. The van der Waals surface area contributed by atoms with E-state index in [0.717, 1.165) is 0 Å². The Hall–Kier alpha value is -2.53. The van der Waals surface area contributed by atoms with Gasteiger partial charge in [-0.3, -0.25) is 9.69 Å². The number of carbonyl (C=O) groups is 1. The molecule has 1 N–H and O–H groups in total. The second-order valence-corrected chi connectivity index (χ2v) is 5.64. The first-order valence-electron chi connectivity index (χ1n) is 7.82. The number of nitrogens with zero attached hydrogens (tertiary/aromatic N) is 1. The maximum Gasteiger partial charge on any atom is 0.241 e. The fraction of sp³-hybridized carbons (Fsp3) is 0.316.